The average Bonchev–Trinajstić information content (AvgIpc) is 2.61. The number of aromatic nitrogens is 1. The van der Waals surface area contributed by atoms with Crippen LogP contribution < -0.4 is 10.1 Å². The van der Waals surface area contributed by atoms with Crippen molar-refractivity contribution in [2.75, 3.05) is 5.32 Å². The van der Waals surface area contributed by atoms with Crippen molar-refractivity contribution in [1.29, 1.82) is 0 Å². The SMILES string of the molecule is Cc1cccc(COc2cccc(C(=O)Nc3cccnc3)c2)c1. The Labute approximate surface area is 141 Å². The van der Waals surface area contributed by atoms with Gasteiger partial charge in [-0.3, -0.25) is 9.78 Å². The van der Waals surface area contributed by atoms with Crippen molar-refractivity contribution in [2.45, 2.75) is 13.5 Å². The lowest BCUT2D eigenvalue weighted by atomic mass is 10.1. The van der Waals surface area contributed by atoms with Gasteiger partial charge in [-0.2, -0.15) is 0 Å². The number of amides is 1. The van der Waals surface area contributed by atoms with Crippen LogP contribution in [0.4, 0.5) is 5.69 Å². The number of nitrogens with one attached hydrogen (secondary N) is 1. The molecule has 2 aromatic carbocycles. The third-order valence-corrected chi connectivity index (χ3v) is 3.50. The zero-order valence-electron chi connectivity index (χ0n) is 13.4. The predicted octanol–water partition coefficient (Wildman–Crippen LogP) is 4.22. The molecule has 1 heterocycles. The van der Waals surface area contributed by atoms with Crippen LogP contribution in [0.5, 0.6) is 5.75 Å². The van der Waals surface area contributed by atoms with Gasteiger partial charge in [-0.25, -0.2) is 0 Å². The van der Waals surface area contributed by atoms with Crippen molar-refractivity contribution in [2.24, 2.45) is 0 Å². The first-order valence-electron chi connectivity index (χ1n) is 7.70. The van der Waals surface area contributed by atoms with E-state index in [0.717, 1.165) is 5.56 Å². The Morgan fingerprint density at radius 2 is 1.96 bits per heavy atom. The average molecular weight is 318 g/mol. The summed E-state index contributed by atoms with van der Waals surface area (Å²) in [4.78, 5) is 16.3. The van der Waals surface area contributed by atoms with Crippen molar-refractivity contribution < 1.29 is 9.53 Å². The van der Waals surface area contributed by atoms with Gasteiger partial charge in [0.1, 0.15) is 12.4 Å². The summed E-state index contributed by atoms with van der Waals surface area (Å²) in [6.45, 7) is 2.52. The third kappa shape index (κ3) is 4.20. The van der Waals surface area contributed by atoms with Gasteiger partial charge in [-0.15, -0.1) is 0 Å². The molecule has 0 saturated carbocycles. The van der Waals surface area contributed by atoms with Crippen LogP contribution in [0.2, 0.25) is 0 Å². The molecule has 1 aromatic heterocycles. The molecule has 1 N–H and O–H groups in total. The molecule has 0 aliphatic heterocycles. The molecule has 3 aromatic rings. The maximum atomic E-state index is 12.3. The highest BCUT2D eigenvalue weighted by Crippen LogP contribution is 2.17. The van der Waals surface area contributed by atoms with Gasteiger partial charge in [0.05, 0.1) is 11.9 Å². The van der Waals surface area contributed by atoms with Crippen LogP contribution in [-0.2, 0) is 6.61 Å². The number of benzene rings is 2. The molecule has 4 nitrogen and oxygen atoms in total. The molecular weight excluding hydrogens is 300 g/mol. The van der Waals surface area contributed by atoms with Crippen molar-refractivity contribution in [1.82, 2.24) is 4.98 Å². The number of carbonyl (C=O) groups excluding carboxylic acids is 1. The Bertz CT molecular complexity index is 832. The zero-order valence-corrected chi connectivity index (χ0v) is 13.4. The minimum atomic E-state index is -0.191. The number of rotatable bonds is 5. The van der Waals surface area contributed by atoms with Crippen molar-refractivity contribution in [3.05, 3.63) is 89.7 Å². The molecule has 3 rings (SSSR count). The first kappa shape index (κ1) is 15.7. The highest BCUT2D eigenvalue weighted by Gasteiger charge is 2.07. The Kier molecular flexibility index (Phi) is 4.87. The van der Waals surface area contributed by atoms with Gasteiger partial charge in [0.15, 0.2) is 0 Å². The van der Waals surface area contributed by atoms with Crippen LogP contribution >= 0.6 is 0 Å². The van der Waals surface area contributed by atoms with E-state index < -0.39 is 0 Å². The first-order chi connectivity index (χ1) is 11.7. The van der Waals surface area contributed by atoms with Crippen LogP contribution in [0.15, 0.2) is 73.1 Å². The Balaban J connectivity index is 1.66. The molecule has 24 heavy (non-hydrogen) atoms. The summed E-state index contributed by atoms with van der Waals surface area (Å²) in [5, 5.41) is 2.81. The summed E-state index contributed by atoms with van der Waals surface area (Å²) >= 11 is 0. The minimum absolute atomic E-state index is 0.191. The highest BCUT2D eigenvalue weighted by atomic mass is 16.5. The molecule has 0 spiro atoms. The number of pyridine rings is 1. The number of carbonyl (C=O) groups is 1. The van der Waals surface area contributed by atoms with Gasteiger partial charge >= 0.3 is 0 Å². The summed E-state index contributed by atoms with van der Waals surface area (Å²) in [6.07, 6.45) is 3.27. The standard InChI is InChI=1S/C20H18N2O2/c1-15-5-2-6-16(11-15)14-24-19-9-3-7-17(12-19)20(23)22-18-8-4-10-21-13-18/h2-13H,14H2,1H3,(H,22,23). The first-order valence-corrected chi connectivity index (χ1v) is 7.70. The van der Waals surface area contributed by atoms with Crippen LogP contribution in [-0.4, -0.2) is 10.9 Å². The van der Waals surface area contributed by atoms with Gasteiger partial charge in [0.25, 0.3) is 5.91 Å². The molecule has 4 heteroatoms. The molecule has 0 bridgehead atoms. The second kappa shape index (κ2) is 7.42. The summed E-state index contributed by atoms with van der Waals surface area (Å²) in [7, 11) is 0. The highest BCUT2D eigenvalue weighted by molar-refractivity contribution is 6.04. The Hall–Kier alpha value is -3.14. The van der Waals surface area contributed by atoms with E-state index in [0.29, 0.717) is 23.6 Å². The number of nitrogens with zero attached hydrogens (tertiary/aromatic N) is 1. The lowest BCUT2D eigenvalue weighted by Crippen LogP contribution is -2.12. The fourth-order valence-electron chi connectivity index (χ4n) is 2.34. The van der Waals surface area contributed by atoms with E-state index in [1.165, 1.54) is 5.56 Å². The molecular formula is C20H18N2O2. The number of hydrogen-bond donors (Lipinski definition) is 1. The predicted molar refractivity (Wildman–Crippen MR) is 94.1 cm³/mol. The third-order valence-electron chi connectivity index (χ3n) is 3.50. The molecule has 0 unspecified atom stereocenters. The lowest BCUT2D eigenvalue weighted by molar-refractivity contribution is 0.102. The molecule has 0 aliphatic carbocycles. The molecule has 0 saturated heterocycles. The lowest BCUT2D eigenvalue weighted by Gasteiger charge is -2.09. The van der Waals surface area contributed by atoms with Gasteiger partial charge in [0, 0.05) is 11.8 Å². The fraction of sp³-hybridized carbons (Fsp3) is 0.100. The molecule has 0 atom stereocenters. The van der Waals surface area contributed by atoms with Crippen molar-refractivity contribution in [3.63, 3.8) is 0 Å². The van der Waals surface area contributed by atoms with Crippen LogP contribution in [0, 0.1) is 6.92 Å². The monoisotopic (exact) mass is 318 g/mol. The molecule has 0 radical (unpaired) electrons. The summed E-state index contributed by atoms with van der Waals surface area (Å²) < 4.78 is 5.80. The van der Waals surface area contributed by atoms with E-state index in [1.54, 1.807) is 36.7 Å². The largest absolute Gasteiger partial charge is 0.489 e. The van der Waals surface area contributed by atoms with Crippen LogP contribution in [0.3, 0.4) is 0 Å². The zero-order chi connectivity index (χ0) is 16.8. The minimum Gasteiger partial charge on any atom is -0.489 e. The van der Waals surface area contributed by atoms with Gasteiger partial charge in [0.2, 0.25) is 0 Å². The number of ether oxygens (including phenoxy) is 1. The molecule has 0 fully saturated rings. The normalized spacial score (nSPS) is 10.2. The summed E-state index contributed by atoms with van der Waals surface area (Å²) in [5.41, 5.74) is 3.50. The van der Waals surface area contributed by atoms with Gasteiger partial charge < -0.3 is 10.1 Å². The van der Waals surface area contributed by atoms with Crippen LogP contribution in [0.1, 0.15) is 21.5 Å². The Morgan fingerprint density at radius 3 is 2.75 bits per heavy atom. The van der Waals surface area contributed by atoms with E-state index in [1.807, 2.05) is 37.3 Å². The smallest absolute Gasteiger partial charge is 0.255 e. The Morgan fingerprint density at radius 1 is 1.08 bits per heavy atom. The van der Waals surface area contributed by atoms with E-state index in [-0.39, 0.29) is 5.91 Å². The maximum Gasteiger partial charge on any atom is 0.255 e. The number of anilines is 1. The van der Waals surface area contributed by atoms with E-state index >= 15 is 0 Å². The van der Waals surface area contributed by atoms with Gasteiger partial charge in [-0.1, -0.05) is 35.9 Å². The second-order valence-corrected chi connectivity index (χ2v) is 5.50. The number of aryl methyl sites for hydroxylation is 1. The number of hydrogen-bond acceptors (Lipinski definition) is 3. The van der Waals surface area contributed by atoms with Gasteiger partial charge in [-0.05, 0) is 42.8 Å². The summed E-state index contributed by atoms with van der Waals surface area (Å²) in [5.74, 6) is 0.472. The molecule has 0 aliphatic rings. The maximum absolute atomic E-state index is 12.3. The fourth-order valence-corrected chi connectivity index (χ4v) is 2.34. The topological polar surface area (TPSA) is 51.2 Å². The molecule has 1 amide bonds. The van der Waals surface area contributed by atoms with Crippen molar-refractivity contribution >= 4 is 11.6 Å². The van der Waals surface area contributed by atoms with Crippen molar-refractivity contribution in [3.8, 4) is 5.75 Å². The van der Waals surface area contributed by atoms with E-state index in [4.69, 9.17) is 4.74 Å². The van der Waals surface area contributed by atoms with E-state index in [2.05, 4.69) is 16.4 Å². The quantitative estimate of drug-likeness (QED) is 0.766. The van der Waals surface area contributed by atoms with Crippen LogP contribution in [0.25, 0.3) is 0 Å². The van der Waals surface area contributed by atoms with E-state index in [9.17, 15) is 4.79 Å². The summed E-state index contributed by atoms with van der Waals surface area (Å²) in [6, 6.07) is 18.9. The molecule has 120 valence electrons. The second-order valence-electron chi connectivity index (χ2n) is 5.50.